The molecule has 10 heavy (non-hydrogen) atoms. The summed E-state index contributed by atoms with van der Waals surface area (Å²) in [5.41, 5.74) is 3.63. The first kappa shape index (κ1) is 9.49. The minimum Gasteiger partial charge on any atom is -1.00 e. The van der Waals surface area contributed by atoms with Gasteiger partial charge in [0.05, 0.1) is 0 Å². The van der Waals surface area contributed by atoms with E-state index in [0.717, 1.165) is 5.76 Å². The van der Waals surface area contributed by atoms with Gasteiger partial charge in [0.25, 0.3) is 0 Å². The second-order valence-corrected chi connectivity index (χ2v) is 1.78. The van der Waals surface area contributed by atoms with Gasteiger partial charge in [-0.15, -0.1) is 0 Å². The van der Waals surface area contributed by atoms with E-state index in [-0.39, 0.29) is 19.0 Å². The molecule has 0 bridgehead atoms. The molecule has 1 rings (SSSR count). The summed E-state index contributed by atoms with van der Waals surface area (Å²) < 4.78 is 5.07. The van der Waals surface area contributed by atoms with Crippen molar-refractivity contribution in [1.82, 2.24) is 0 Å². The largest absolute Gasteiger partial charge is 1.00 e. The standard InChI is InChI=1S/C6H9NO2.ClH/c7-3-5-1-2-6(4-8)9-5;/h1-2,8H,3-4,7H2;1H. The lowest BCUT2D eigenvalue weighted by atomic mass is 10.4. The quantitative estimate of drug-likeness (QED) is 0.476. The lowest BCUT2D eigenvalue weighted by molar-refractivity contribution is -0.390. The molecule has 1 aromatic heterocycles. The molecule has 58 valence electrons. The number of hydrogen-bond donors (Lipinski definition) is 2. The molecular weight excluding hydrogens is 154 g/mol. The van der Waals surface area contributed by atoms with E-state index in [1.165, 1.54) is 0 Å². The van der Waals surface area contributed by atoms with E-state index in [9.17, 15) is 0 Å². The molecule has 0 aliphatic rings. The third-order valence-corrected chi connectivity index (χ3v) is 1.12. The van der Waals surface area contributed by atoms with Gasteiger partial charge >= 0.3 is 0 Å². The maximum Gasteiger partial charge on any atom is 0.158 e. The molecule has 0 spiro atoms. The molecule has 1 heterocycles. The maximum absolute atomic E-state index is 8.53. The number of quaternary nitrogens is 1. The van der Waals surface area contributed by atoms with E-state index in [0.29, 0.717) is 12.3 Å². The van der Waals surface area contributed by atoms with Crippen LogP contribution in [-0.2, 0) is 13.2 Å². The van der Waals surface area contributed by atoms with Crippen LogP contribution in [-0.4, -0.2) is 5.11 Å². The first-order valence-electron chi connectivity index (χ1n) is 2.84. The normalized spacial score (nSPS) is 9.00. The number of aliphatic hydroxyl groups excluding tert-OH is 1. The van der Waals surface area contributed by atoms with Gasteiger partial charge in [-0.2, -0.15) is 0 Å². The number of halogens is 1. The zero-order valence-electron chi connectivity index (χ0n) is 5.51. The van der Waals surface area contributed by atoms with Crippen molar-refractivity contribution in [3.05, 3.63) is 23.7 Å². The highest BCUT2D eigenvalue weighted by atomic mass is 35.5. The Morgan fingerprint density at radius 2 is 2.00 bits per heavy atom. The molecule has 0 atom stereocenters. The van der Waals surface area contributed by atoms with Crippen LogP contribution < -0.4 is 18.1 Å². The molecule has 0 fully saturated rings. The third-order valence-electron chi connectivity index (χ3n) is 1.12. The topological polar surface area (TPSA) is 61.0 Å². The molecular formula is C6H10ClNO2. The highest BCUT2D eigenvalue weighted by Crippen LogP contribution is 2.05. The van der Waals surface area contributed by atoms with Gasteiger partial charge in [0.15, 0.2) is 5.76 Å². The molecule has 4 heteroatoms. The van der Waals surface area contributed by atoms with Gasteiger partial charge in [0, 0.05) is 0 Å². The van der Waals surface area contributed by atoms with E-state index in [2.05, 4.69) is 5.73 Å². The van der Waals surface area contributed by atoms with E-state index >= 15 is 0 Å². The van der Waals surface area contributed by atoms with Gasteiger partial charge in [-0.05, 0) is 12.1 Å². The van der Waals surface area contributed by atoms with Crippen LogP contribution in [0.1, 0.15) is 11.5 Å². The minimum atomic E-state index is -0.0278. The molecule has 3 nitrogen and oxygen atoms in total. The SMILES string of the molecule is [Cl-].[NH3+]Cc1ccc(CO)o1. The number of furan rings is 1. The summed E-state index contributed by atoms with van der Waals surface area (Å²) >= 11 is 0. The van der Waals surface area contributed by atoms with E-state index in [1.807, 2.05) is 6.07 Å². The summed E-state index contributed by atoms with van der Waals surface area (Å²) in [6.07, 6.45) is 0. The third kappa shape index (κ3) is 2.02. The summed E-state index contributed by atoms with van der Waals surface area (Å²) in [4.78, 5) is 0. The van der Waals surface area contributed by atoms with Crippen LogP contribution in [0.15, 0.2) is 16.5 Å². The van der Waals surface area contributed by atoms with Crippen molar-refractivity contribution >= 4 is 0 Å². The Hall–Kier alpha value is -0.510. The van der Waals surface area contributed by atoms with Gasteiger partial charge in [-0.25, -0.2) is 0 Å². The van der Waals surface area contributed by atoms with E-state index in [4.69, 9.17) is 9.52 Å². The second-order valence-electron chi connectivity index (χ2n) is 1.78. The summed E-state index contributed by atoms with van der Waals surface area (Å²) in [7, 11) is 0. The molecule has 0 aliphatic carbocycles. The Labute approximate surface area is 65.2 Å². The van der Waals surface area contributed by atoms with Gasteiger partial charge in [0.1, 0.15) is 18.9 Å². The van der Waals surface area contributed by atoms with Crippen LogP contribution in [0.5, 0.6) is 0 Å². The van der Waals surface area contributed by atoms with Crippen molar-refractivity contribution in [2.75, 3.05) is 0 Å². The fraction of sp³-hybridized carbons (Fsp3) is 0.333. The van der Waals surface area contributed by atoms with Crippen molar-refractivity contribution in [2.24, 2.45) is 0 Å². The number of aliphatic hydroxyl groups is 1. The van der Waals surface area contributed by atoms with Crippen LogP contribution in [0.25, 0.3) is 0 Å². The fourth-order valence-corrected chi connectivity index (χ4v) is 0.642. The highest BCUT2D eigenvalue weighted by molar-refractivity contribution is 5.04. The Morgan fingerprint density at radius 3 is 2.30 bits per heavy atom. The maximum atomic E-state index is 8.53. The lowest BCUT2D eigenvalue weighted by Gasteiger charge is -1.85. The van der Waals surface area contributed by atoms with Gasteiger partial charge in [-0.1, -0.05) is 0 Å². The van der Waals surface area contributed by atoms with Crippen molar-refractivity contribution in [1.29, 1.82) is 0 Å². The summed E-state index contributed by atoms with van der Waals surface area (Å²) in [6, 6.07) is 3.57. The molecule has 0 aromatic carbocycles. The average molecular weight is 164 g/mol. The Morgan fingerprint density at radius 1 is 1.40 bits per heavy atom. The predicted octanol–water partition coefficient (Wildman–Crippen LogP) is -3.48. The van der Waals surface area contributed by atoms with Gasteiger partial charge < -0.3 is 27.7 Å². The lowest BCUT2D eigenvalue weighted by Crippen LogP contribution is -3.00. The Balaban J connectivity index is 0.000000810. The molecule has 0 aliphatic heterocycles. The highest BCUT2D eigenvalue weighted by Gasteiger charge is 1.97. The van der Waals surface area contributed by atoms with Crippen LogP contribution >= 0.6 is 0 Å². The van der Waals surface area contributed by atoms with Crippen molar-refractivity contribution in [2.45, 2.75) is 13.2 Å². The first-order chi connectivity index (χ1) is 4.36. The molecule has 0 amide bonds. The van der Waals surface area contributed by atoms with Crippen LogP contribution in [0.3, 0.4) is 0 Å². The molecule has 0 unspecified atom stereocenters. The molecule has 0 saturated heterocycles. The van der Waals surface area contributed by atoms with E-state index in [1.54, 1.807) is 6.07 Å². The number of hydrogen-bond acceptors (Lipinski definition) is 2. The van der Waals surface area contributed by atoms with Crippen LogP contribution in [0, 0.1) is 0 Å². The van der Waals surface area contributed by atoms with Crippen molar-refractivity contribution in [3.8, 4) is 0 Å². The second kappa shape index (κ2) is 4.33. The Kier molecular flexibility index (Phi) is 4.11. The molecule has 4 N–H and O–H groups in total. The van der Waals surface area contributed by atoms with Gasteiger partial charge in [0.2, 0.25) is 0 Å². The summed E-state index contributed by atoms with van der Waals surface area (Å²) in [5, 5.41) is 8.53. The first-order valence-corrected chi connectivity index (χ1v) is 2.84. The molecule has 0 radical (unpaired) electrons. The average Bonchev–Trinajstić information content (AvgIpc) is 2.34. The molecule has 1 aromatic rings. The zero-order chi connectivity index (χ0) is 6.69. The van der Waals surface area contributed by atoms with Crippen LogP contribution in [0.2, 0.25) is 0 Å². The zero-order valence-corrected chi connectivity index (χ0v) is 6.27. The van der Waals surface area contributed by atoms with Gasteiger partial charge in [-0.3, -0.25) is 0 Å². The summed E-state index contributed by atoms with van der Waals surface area (Å²) in [6.45, 7) is 0.611. The van der Waals surface area contributed by atoms with Crippen molar-refractivity contribution in [3.63, 3.8) is 0 Å². The predicted molar refractivity (Wildman–Crippen MR) is 31.2 cm³/mol. The summed E-state index contributed by atoms with van der Waals surface area (Å²) in [5.74, 6) is 1.42. The molecule has 0 saturated carbocycles. The smallest absolute Gasteiger partial charge is 0.158 e. The van der Waals surface area contributed by atoms with Crippen LogP contribution in [0.4, 0.5) is 0 Å². The number of rotatable bonds is 2. The van der Waals surface area contributed by atoms with E-state index < -0.39 is 0 Å². The Bertz CT molecular complexity index is 169. The van der Waals surface area contributed by atoms with Crippen molar-refractivity contribution < 1.29 is 27.7 Å². The monoisotopic (exact) mass is 163 g/mol. The fourth-order valence-electron chi connectivity index (χ4n) is 0.642. The minimum absolute atomic E-state index is 0.